The zero-order valence-electron chi connectivity index (χ0n) is 11.8. The van der Waals surface area contributed by atoms with Crippen LogP contribution < -0.4 is 10.6 Å². The number of unbranched alkanes of at least 4 members (excludes halogenated alkanes) is 3. The third kappa shape index (κ3) is 3.35. The second-order valence-electron chi connectivity index (χ2n) is 5.31. The summed E-state index contributed by atoms with van der Waals surface area (Å²) in [5, 5.41) is 0. The van der Waals surface area contributed by atoms with Gasteiger partial charge < -0.3 is 10.6 Å². The number of anilines is 1. The van der Waals surface area contributed by atoms with Gasteiger partial charge in [0.1, 0.15) is 0 Å². The van der Waals surface area contributed by atoms with Crippen LogP contribution in [0.15, 0.2) is 24.3 Å². The van der Waals surface area contributed by atoms with E-state index in [1.807, 2.05) is 29.2 Å². The molecule has 0 bridgehead atoms. The van der Waals surface area contributed by atoms with Gasteiger partial charge in [-0.05, 0) is 24.5 Å². The molecule has 104 valence electrons. The van der Waals surface area contributed by atoms with E-state index in [1.54, 1.807) is 0 Å². The molecule has 2 N–H and O–H groups in total. The average Bonchev–Trinajstić information content (AvgIpc) is 2.44. The van der Waals surface area contributed by atoms with E-state index in [-0.39, 0.29) is 11.9 Å². The fourth-order valence-corrected chi connectivity index (χ4v) is 2.69. The smallest absolute Gasteiger partial charge is 0.226 e. The minimum atomic E-state index is 0.0698. The van der Waals surface area contributed by atoms with E-state index in [4.69, 9.17) is 5.73 Å². The molecule has 19 heavy (non-hydrogen) atoms. The van der Waals surface area contributed by atoms with E-state index in [2.05, 4.69) is 6.92 Å². The monoisotopic (exact) mass is 260 g/mol. The highest BCUT2D eigenvalue weighted by Crippen LogP contribution is 2.32. The Morgan fingerprint density at radius 2 is 2.11 bits per heavy atom. The minimum absolute atomic E-state index is 0.0698. The van der Waals surface area contributed by atoms with Crippen molar-refractivity contribution in [2.45, 2.75) is 51.5 Å². The van der Waals surface area contributed by atoms with Gasteiger partial charge in [-0.3, -0.25) is 4.79 Å². The Kier molecular flexibility index (Phi) is 4.97. The summed E-state index contributed by atoms with van der Waals surface area (Å²) in [6.45, 7) is 2.94. The number of hydrogen-bond donors (Lipinski definition) is 1. The lowest BCUT2D eigenvalue weighted by molar-refractivity contribution is -0.118. The molecule has 0 radical (unpaired) electrons. The molecule has 0 spiro atoms. The predicted molar refractivity (Wildman–Crippen MR) is 79.1 cm³/mol. The number of rotatable bonds is 5. The zero-order valence-corrected chi connectivity index (χ0v) is 11.8. The highest BCUT2D eigenvalue weighted by atomic mass is 16.2. The first kappa shape index (κ1) is 14.1. The number of carbonyl (C=O) groups is 1. The summed E-state index contributed by atoms with van der Waals surface area (Å²) in [6.07, 6.45) is 6.08. The van der Waals surface area contributed by atoms with E-state index >= 15 is 0 Å². The standard InChI is InChI=1S/C16H24N2O/c1-2-3-4-5-10-16(19)18-12-11-14(17)13-8-6-7-9-15(13)18/h6-9,14H,2-5,10-12,17H2,1H3. The van der Waals surface area contributed by atoms with Gasteiger partial charge in [0.05, 0.1) is 0 Å². The van der Waals surface area contributed by atoms with E-state index in [0.717, 1.165) is 37.1 Å². The SMILES string of the molecule is CCCCCCC(=O)N1CCC(N)c2ccccc21. The van der Waals surface area contributed by atoms with Gasteiger partial charge in [-0.2, -0.15) is 0 Å². The molecule has 2 rings (SSSR count). The van der Waals surface area contributed by atoms with Crippen molar-refractivity contribution in [3.8, 4) is 0 Å². The number of amides is 1. The summed E-state index contributed by atoms with van der Waals surface area (Å²) < 4.78 is 0. The molecule has 0 saturated heterocycles. The second kappa shape index (κ2) is 6.71. The van der Waals surface area contributed by atoms with Gasteiger partial charge in [0.2, 0.25) is 5.91 Å². The third-order valence-corrected chi connectivity index (χ3v) is 3.84. The summed E-state index contributed by atoms with van der Waals surface area (Å²) in [7, 11) is 0. The molecule has 0 aliphatic carbocycles. The molecule has 1 aliphatic heterocycles. The van der Waals surface area contributed by atoms with Gasteiger partial charge in [0, 0.05) is 24.7 Å². The Labute approximate surface area is 115 Å². The number of nitrogens with two attached hydrogens (primary N) is 1. The fraction of sp³-hybridized carbons (Fsp3) is 0.562. The van der Waals surface area contributed by atoms with E-state index in [1.165, 1.54) is 12.8 Å². The fourth-order valence-electron chi connectivity index (χ4n) is 2.69. The second-order valence-corrected chi connectivity index (χ2v) is 5.31. The van der Waals surface area contributed by atoms with Crippen LogP contribution in [0.5, 0.6) is 0 Å². The van der Waals surface area contributed by atoms with Crippen molar-refractivity contribution in [3.63, 3.8) is 0 Å². The van der Waals surface area contributed by atoms with Crippen LogP contribution in [0.1, 0.15) is 57.1 Å². The molecule has 1 unspecified atom stereocenters. The maximum Gasteiger partial charge on any atom is 0.226 e. The molecule has 3 heteroatoms. The summed E-state index contributed by atoms with van der Waals surface area (Å²) in [5.74, 6) is 0.246. The van der Waals surface area contributed by atoms with Crippen LogP contribution >= 0.6 is 0 Å². The molecule has 0 fully saturated rings. The number of hydrogen-bond acceptors (Lipinski definition) is 2. The Balaban J connectivity index is 2.01. The molecule has 3 nitrogen and oxygen atoms in total. The molecule has 1 aromatic rings. The van der Waals surface area contributed by atoms with Crippen LogP contribution in [-0.2, 0) is 4.79 Å². The molecular weight excluding hydrogens is 236 g/mol. The van der Waals surface area contributed by atoms with Crippen molar-refractivity contribution >= 4 is 11.6 Å². The Bertz CT molecular complexity index is 431. The lowest BCUT2D eigenvalue weighted by atomic mass is 9.96. The van der Waals surface area contributed by atoms with Gasteiger partial charge in [-0.25, -0.2) is 0 Å². The van der Waals surface area contributed by atoms with Crippen LogP contribution in [0.4, 0.5) is 5.69 Å². The first-order chi connectivity index (χ1) is 9.24. The van der Waals surface area contributed by atoms with Gasteiger partial charge >= 0.3 is 0 Å². The Hall–Kier alpha value is -1.35. The average molecular weight is 260 g/mol. The van der Waals surface area contributed by atoms with Crippen molar-refractivity contribution in [1.29, 1.82) is 0 Å². The van der Waals surface area contributed by atoms with Crippen molar-refractivity contribution < 1.29 is 4.79 Å². The molecule has 1 aliphatic rings. The maximum atomic E-state index is 12.3. The summed E-state index contributed by atoms with van der Waals surface area (Å²) >= 11 is 0. The molecule has 1 amide bonds. The zero-order chi connectivity index (χ0) is 13.7. The molecule has 1 atom stereocenters. The topological polar surface area (TPSA) is 46.3 Å². The quantitative estimate of drug-likeness (QED) is 0.825. The number of fused-ring (bicyclic) bond motifs is 1. The van der Waals surface area contributed by atoms with Gasteiger partial charge in [-0.15, -0.1) is 0 Å². The van der Waals surface area contributed by atoms with Gasteiger partial charge in [0.15, 0.2) is 0 Å². The third-order valence-electron chi connectivity index (χ3n) is 3.84. The lowest BCUT2D eigenvalue weighted by Gasteiger charge is -2.32. The van der Waals surface area contributed by atoms with E-state index in [0.29, 0.717) is 6.42 Å². The van der Waals surface area contributed by atoms with Crippen molar-refractivity contribution in [1.82, 2.24) is 0 Å². The van der Waals surface area contributed by atoms with E-state index < -0.39 is 0 Å². The van der Waals surface area contributed by atoms with Crippen LogP contribution in [-0.4, -0.2) is 12.5 Å². The first-order valence-electron chi connectivity index (χ1n) is 7.39. The number of nitrogens with zero attached hydrogens (tertiary/aromatic N) is 1. The molecule has 0 aromatic heterocycles. The van der Waals surface area contributed by atoms with Crippen LogP contribution in [0.3, 0.4) is 0 Å². The first-order valence-corrected chi connectivity index (χ1v) is 7.39. The summed E-state index contributed by atoms with van der Waals surface area (Å²) in [5.41, 5.74) is 8.23. The Morgan fingerprint density at radius 1 is 1.32 bits per heavy atom. The largest absolute Gasteiger partial charge is 0.324 e. The molecular formula is C16H24N2O. The Morgan fingerprint density at radius 3 is 2.89 bits per heavy atom. The number of benzene rings is 1. The maximum absolute atomic E-state index is 12.3. The van der Waals surface area contributed by atoms with Crippen LogP contribution in [0.2, 0.25) is 0 Å². The molecule has 1 aromatic carbocycles. The van der Waals surface area contributed by atoms with Gasteiger partial charge in [0.25, 0.3) is 0 Å². The highest BCUT2D eigenvalue weighted by Gasteiger charge is 2.25. The molecule has 0 saturated carbocycles. The van der Waals surface area contributed by atoms with Crippen molar-refractivity contribution in [2.24, 2.45) is 5.73 Å². The van der Waals surface area contributed by atoms with Crippen molar-refractivity contribution in [3.05, 3.63) is 29.8 Å². The predicted octanol–water partition coefficient (Wildman–Crippen LogP) is 3.39. The number of para-hydroxylation sites is 1. The lowest BCUT2D eigenvalue weighted by Crippen LogP contribution is -2.38. The highest BCUT2D eigenvalue weighted by molar-refractivity contribution is 5.94. The van der Waals surface area contributed by atoms with E-state index in [9.17, 15) is 4.79 Å². The van der Waals surface area contributed by atoms with Crippen LogP contribution in [0, 0.1) is 0 Å². The summed E-state index contributed by atoms with van der Waals surface area (Å²) in [4.78, 5) is 14.2. The molecule has 1 heterocycles. The minimum Gasteiger partial charge on any atom is -0.324 e. The van der Waals surface area contributed by atoms with Crippen molar-refractivity contribution in [2.75, 3.05) is 11.4 Å². The van der Waals surface area contributed by atoms with Gasteiger partial charge in [-0.1, -0.05) is 44.4 Å². The normalized spacial score (nSPS) is 18.2. The number of carbonyl (C=O) groups excluding carboxylic acids is 1. The van der Waals surface area contributed by atoms with Crippen LogP contribution in [0.25, 0.3) is 0 Å². The summed E-state index contributed by atoms with van der Waals surface area (Å²) in [6, 6.07) is 8.09.